The van der Waals surface area contributed by atoms with Crippen molar-refractivity contribution in [2.24, 2.45) is 0 Å². The Hall–Kier alpha value is -4.47. The molecule has 4 N–H and O–H groups in total. The Morgan fingerprint density at radius 2 is 1.68 bits per heavy atom. The number of aryl methyl sites for hydroxylation is 2. The Bertz CT molecular complexity index is 1430. The third-order valence-corrected chi connectivity index (χ3v) is 6.20. The van der Waals surface area contributed by atoms with Crippen LogP contribution in [0.25, 0.3) is 11.3 Å². The van der Waals surface area contributed by atoms with Crippen molar-refractivity contribution in [2.45, 2.75) is 13.8 Å². The van der Waals surface area contributed by atoms with Gasteiger partial charge in [-0.2, -0.15) is 0 Å². The molecule has 3 aromatic carbocycles. The zero-order chi connectivity index (χ0) is 27.4. The molecule has 9 heteroatoms. The number of carbonyl (C=O) groups excluding carboxylic acids is 2. The highest BCUT2D eigenvalue weighted by atomic mass is 16.6. The van der Waals surface area contributed by atoms with E-state index in [1.165, 1.54) is 6.07 Å². The van der Waals surface area contributed by atoms with Gasteiger partial charge in [0, 0.05) is 23.4 Å². The number of hydrogen-bond acceptors (Lipinski definition) is 6. The molecule has 9 nitrogen and oxygen atoms in total. The van der Waals surface area contributed by atoms with Crippen LogP contribution in [0.1, 0.15) is 43.0 Å². The number of benzene rings is 3. The molecule has 1 aliphatic heterocycles. The van der Waals surface area contributed by atoms with Crippen molar-refractivity contribution in [3.05, 3.63) is 94.0 Å². The summed E-state index contributed by atoms with van der Waals surface area (Å²) < 4.78 is 0. The van der Waals surface area contributed by atoms with Crippen LogP contribution in [0.15, 0.2) is 60.7 Å². The zero-order valence-electron chi connectivity index (χ0n) is 21.7. The number of hydrogen-bond donors (Lipinski definition) is 4. The van der Waals surface area contributed by atoms with Crippen LogP contribution in [0.4, 0.5) is 11.4 Å². The van der Waals surface area contributed by atoms with Gasteiger partial charge in [0.05, 0.1) is 29.1 Å². The van der Waals surface area contributed by atoms with Gasteiger partial charge in [-0.05, 0) is 75.0 Å². The minimum atomic E-state index is -1.05. The first-order chi connectivity index (χ1) is 18.2. The summed E-state index contributed by atoms with van der Waals surface area (Å²) in [4.78, 5) is 44.6. The van der Waals surface area contributed by atoms with Crippen LogP contribution in [-0.2, 0) is 9.63 Å². The van der Waals surface area contributed by atoms with E-state index >= 15 is 0 Å². The number of nitrogens with one attached hydrogen (secondary N) is 3. The lowest BCUT2D eigenvalue weighted by Gasteiger charge is -2.16. The summed E-state index contributed by atoms with van der Waals surface area (Å²) >= 11 is 0. The van der Waals surface area contributed by atoms with Crippen molar-refractivity contribution in [2.75, 3.05) is 37.9 Å². The predicted molar refractivity (Wildman–Crippen MR) is 147 cm³/mol. The average Bonchev–Trinajstić information content (AvgIpc) is 3.19. The Morgan fingerprint density at radius 1 is 0.974 bits per heavy atom. The number of anilines is 2. The Labute approximate surface area is 221 Å². The molecule has 0 radical (unpaired) electrons. The lowest BCUT2D eigenvalue weighted by molar-refractivity contribution is -0.110. The number of carboxylic acids is 1. The van der Waals surface area contributed by atoms with Crippen LogP contribution in [-0.4, -0.2) is 55.0 Å². The fourth-order valence-electron chi connectivity index (χ4n) is 4.23. The molecule has 0 atom stereocenters. The van der Waals surface area contributed by atoms with Crippen LogP contribution in [0.2, 0.25) is 0 Å². The van der Waals surface area contributed by atoms with E-state index in [2.05, 4.69) is 16.1 Å². The second kappa shape index (κ2) is 11.3. The van der Waals surface area contributed by atoms with Crippen molar-refractivity contribution < 1.29 is 24.3 Å². The topological polar surface area (TPSA) is 120 Å². The lowest BCUT2D eigenvalue weighted by Crippen LogP contribution is -2.28. The van der Waals surface area contributed by atoms with Crippen LogP contribution in [0.5, 0.6) is 0 Å². The maximum absolute atomic E-state index is 13.2. The van der Waals surface area contributed by atoms with Gasteiger partial charge < -0.3 is 20.6 Å². The molecule has 1 aliphatic rings. The molecule has 4 rings (SSSR count). The smallest absolute Gasteiger partial charge is 0.336 e. The maximum atomic E-state index is 13.2. The first-order valence-corrected chi connectivity index (χ1v) is 12.1. The number of hydroxylamine groups is 1. The van der Waals surface area contributed by atoms with Crippen LogP contribution >= 0.6 is 0 Å². The third-order valence-electron chi connectivity index (χ3n) is 6.20. The molecule has 196 valence electrons. The number of likely N-dealkylation sites (N-methyl/N-ethyl adjacent to an activating group) is 1. The van der Waals surface area contributed by atoms with Gasteiger partial charge in [-0.15, -0.1) is 0 Å². The SMILES string of the molecule is Cc1cc2c(cc1C(=O)O)NC(=O)C2=C(Nc1ccc(C(=O)NOCCN(C)C)c(C)c1)c1ccccc1. The summed E-state index contributed by atoms with van der Waals surface area (Å²) in [6, 6.07) is 17.9. The number of fused-ring (bicyclic) bond motifs is 1. The van der Waals surface area contributed by atoms with Crippen molar-refractivity contribution in [3.63, 3.8) is 0 Å². The highest BCUT2D eigenvalue weighted by Crippen LogP contribution is 2.39. The van der Waals surface area contributed by atoms with E-state index in [4.69, 9.17) is 4.84 Å². The molecular weight excluding hydrogens is 484 g/mol. The summed E-state index contributed by atoms with van der Waals surface area (Å²) in [7, 11) is 3.84. The van der Waals surface area contributed by atoms with Crippen LogP contribution in [0.3, 0.4) is 0 Å². The standard InChI is InChI=1S/C29H30N4O5/c1-17-14-20(10-11-21(17)27(34)32-38-13-12-33(3)4)30-26(19-8-6-5-7-9-19)25-23-15-18(2)22(29(36)37)16-24(23)31-28(25)35/h5-11,14-16,30H,12-13H2,1-4H3,(H,31,35)(H,32,34)(H,36,37). The normalized spacial score (nSPS) is 13.7. The summed E-state index contributed by atoms with van der Waals surface area (Å²) in [6.45, 7) is 4.57. The second-order valence-corrected chi connectivity index (χ2v) is 9.33. The van der Waals surface area contributed by atoms with Gasteiger partial charge in [0.1, 0.15) is 0 Å². The van der Waals surface area contributed by atoms with Crippen LogP contribution in [0, 0.1) is 13.8 Å². The molecule has 0 aromatic heterocycles. The maximum Gasteiger partial charge on any atom is 0.336 e. The molecule has 0 saturated heterocycles. The van der Waals surface area contributed by atoms with E-state index in [0.29, 0.717) is 52.5 Å². The quantitative estimate of drug-likeness (QED) is 0.192. The molecular formula is C29H30N4O5. The molecule has 1 heterocycles. The van der Waals surface area contributed by atoms with Crippen molar-refractivity contribution in [3.8, 4) is 0 Å². The molecule has 0 aliphatic carbocycles. The Morgan fingerprint density at radius 3 is 2.34 bits per heavy atom. The molecule has 3 aromatic rings. The largest absolute Gasteiger partial charge is 0.478 e. The number of nitrogens with zero attached hydrogens (tertiary/aromatic N) is 1. The summed E-state index contributed by atoms with van der Waals surface area (Å²) in [6.07, 6.45) is 0. The van der Waals surface area contributed by atoms with E-state index in [1.807, 2.05) is 62.3 Å². The van der Waals surface area contributed by atoms with E-state index in [9.17, 15) is 19.5 Å². The second-order valence-electron chi connectivity index (χ2n) is 9.33. The zero-order valence-corrected chi connectivity index (χ0v) is 21.7. The number of amides is 2. The van der Waals surface area contributed by atoms with Crippen molar-refractivity contribution in [1.29, 1.82) is 0 Å². The molecule has 0 unspecified atom stereocenters. The molecule has 0 bridgehead atoms. The van der Waals surface area contributed by atoms with Crippen molar-refractivity contribution >= 4 is 40.4 Å². The van der Waals surface area contributed by atoms with E-state index in [1.54, 1.807) is 25.1 Å². The van der Waals surface area contributed by atoms with Gasteiger partial charge in [0.25, 0.3) is 11.8 Å². The van der Waals surface area contributed by atoms with E-state index < -0.39 is 5.97 Å². The summed E-state index contributed by atoms with van der Waals surface area (Å²) in [5.41, 5.74) is 7.83. The minimum Gasteiger partial charge on any atom is -0.478 e. The molecule has 2 amide bonds. The number of aromatic carboxylic acids is 1. The Balaban J connectivity index is 1.69. The van der Waals surface area contributed by atoms with E-state index in [0.717, 1.165) is 11.1 Å². The lowest BCUT2D eigenvalue weighted by atomic mass is 9.96. The first kappa shape index (κ1) is 26.6. The van der Waals surface area contributed by atoms with Gasteiger partial charge in [-0.3, -0.25) is 14.4 Å². The van der Waals surface area contributed by atoms with Gasteiger partial charge in [0.15, 0.2) is 0 Å². The highest BCUT2D eigenvalue weighted by Gasteiger charge is 2.30. The molecule has 38 heavy (non-hydrogen) atoms. The number of rotatable bonds is 9. The number of carboxylic acid groups (broad SMARTS) is 1. The highest BCUT2D eigenvalue weighted by molar-refractivity contribution is 6.37. The first-order valence-electron chi connectivity index (χ1n) is 12.1. The Kier molecular flexibility index (Phi) is 7.90. The van der Waals surface area contributed by atoms with Gasteiger partial charge in [0.2, 0.25) is 0 Å². The fourth-order valence-corrected chi connectivity index (χ4v) is 4.23. The monoisotopic (exact) mass is 514 g/mol. The minimum absolute atomic E-state index is 0.134. The summed E-state index contributed by atoms with van der Waals surface area (Å²) in [5, 5.41) is 15.7. The number of carbonyl (C=O) groups is 3. The van der Waals surface area contributed by atoms with Crippen molar-refractivity contribution in [1.82, 2.24) is 10.4 Å². The molecule has 0 spiro atoms. The van der Waals surface area contributed by atoms with E-state index in [-0.39, 0.29) is 17.4 Å². The van der Waals surface area contributed by atoms with Gasteiger partial charge in [-0.25, -0.2) is 10.3 Å². The third kappa shape index (κ3) is 5.74. The average molecular weight is 515 g/mol. The molecule has 0 saturated carbocycles. The predicted octanol–water partition coefficient (Wildman–Crippen LogP) is 4.16. The molecule has 0 fully saturated rings. The fraction of sp³-hybridized carbons (Fsp3) is 0.207. The van der Waals surface area contributed by atoms with Crippen LogP contribution < -0.4 is 16.1 Å². The summed E-state index contributed by atoms with van der Waals surface area (Å²) in [5.74, 6) is -1.74. The van der Waals surface area contributed by atoms with Gasteiger partial charge >= 0.3 is 5.97 Å². The van der Waals surface area contributed by atoms with Gasteiger partial charge in [-0.1, -0.05) is 30.3 Å².